The van der Waals surface area contributed by atoms with E-state index in [2.05, 4.69) is 36.3 Å². The first kappa shape index (κ1) is 12.0. The Morgan fingerprint density at radius 1 is 1.36 bits per heavy atom. The van der Waals surface area contributed by atoms with Gasteiger partial charge in [0, 0.05) is 37.6 Å². The molecule has 1 aliphatic heterocycles. The molecule has 0 bridgehead atoms. The molecule has 1 radical (unpaired) electrons. The molecule has 0 aliphatic carbocycles. The summed E-state index contributed by atoms with van der Waals surface area (Å²) < 4.78 is 0. The number of rotatable bonds is 2. The first-order chi connectivity index (χ1) is 6.33. The van der Waals surface area contributed by atoms with E-state index < -0.39 is 0 Å². The molecule has 1 aliphatic rings. The molecule has 0 N–H and O–H groups in total. The Morgan fingerprint density at radius 2 is 2.07 bits per heavy atom. The maximum atomic E-state index is 3.99. The van der Waals surface area contributed by atoms with Crippen molar-refractivity contribution in [3.05, 3.63) is 48.5 Å². The van der Waals surface area contributed by atoms with E-state index in [9.17, 15) is 0 Å². The monoisotopic (exact) mass is 277 g/mol. The molecular weight excluding hydrogens is 267 g/mol. The van der Waals surface area contributed by atoms with Crippen LogP contribution in [-0.2, 0) is 32.7 Å². The summed E-state index contributed by atoms with van der Waals surface area (Å²) in [5.41, 5.74) is 1.22. The molecule has 0 fully saturated rings. The van der Waals surface area contributed by atoms with E-state index in [0.717, 1.165) is 5.03 Å². The SMILES string of the molecule is C=[C-]CN1C(=C)Sc2ccccc21.[Y]. The molecule has 69 valence electrons. The Bertz CT molecular complexity index is 362. The maximum absolute atomic E-state index is 3.99. The van der Waals surface area contributed by atoms with Gasteiger partial charge in [0.25, 0.3) is 0 Å². The summed E-state index contributed by atoms with van der Waals surface area (Å²) in [4.78, 5) is 3.38. The van der Waals surface area contributed by atoms with Crippen molar-refractivity contribution in [2.75, 3.05) is 11.4 Å². The third kappa shape index (κ3) is 2.13. The summed E-state index contributed by atoms with van der Waals surface area (Å²) in [5, 5.41) is 1.05. The largest absolute Gasteiger partial charge is 0.484 e. The van der Waals surface area contributed by atoms with Crippen LogP contribution in [0.3, 0.4) is 0 Å². The summed E-state index contributed by atoms with van der Waals surface area (Å²) in [6.07, 6.45) is 2.88. The van der Waals surface area contributed by atoms with Gasteiger partial charge in [-0.25, -0.2) is 0 Å². The first-order valence-electron chi connectivity index (χ1n) is 4.06. The van der Waals surface area contributed by atoms with Crippen molar-refractivity contribution in [3.63, 3.8) is 0 Å². The van der Waals surface area contributed by atoms with Crippen LogP contribution in [0.5, 0.6) is 0 Å². The van der Waals surface area contributed by atoms with Gasteiger partial charge in [-0.05, 0) is 12.1 Å². The van der Waals surface area contributed by atoms with Crippen LogP contribution in [-0.4, -0.2) is 6.54 Å². The summed E-state index contributed by atoms with van der Waals surface area (Å²) in [7, 11) is 0. The third-order valence-corrected chi connectivity index (χ3v) is 2.98. The summed E-state index contributed by atoms with van der Waals surface area (Å²) >= 11 is 1.70. The minimum atomic E-state index is 0. The molecule has 0 spiro atoms. The second-order valence-corrected chi connectivity index (χ2v) is 3.91. The van der Waals surface area contributed by atoms with E-state index >= 15 is 0 Å². The fourth-order valence-corrected chi connectivity index (χ4v) is 2.32. The quantitative estimate of drug-likeness (QED) is 0.764. The van der Waals surface area contributed by atoms with E-state index in [1.54, 1.807) is 11.8 Å². The number of fused-ring (bicyclic) bond motifs is 1. The molecule has 0 aromatic heterocycles. The molecule has 0 atom stereocenters. The number of para-hydroxylation sites is 1. The molecular formula is C11H10NSY-. The molecule has 0 amide bonds. The fourth-order valence-electron chi connectivity index (χ4n) is 1.37. The minimum Gasteiger partial charge on any atom is -0.484 e. The Kier molecular flexibility index (Phi) is 4.43. The van der Waals surface area contributed by atoms with Crippen molar-refractivity contribution in [1.82, 2.24) is 0 Å². The average molecular weight is 277 g/mol. The van der Waals surface area contributed by atoms with Crippen molar-refractivity contribution >= 4 is 17.4 Å². The van der Waals surface area contributed by atoms with Gasteiger partial charge < -0.3 is 11.0 Å². The summed E-state index contributed by atoms with van der Waals surface area (Å²) in [5.74, 6) is 0. The smallest absolute Gasteiger partial charge is 0.0704 e. The standard InChI is InChI=1S/C11H10NS.Y/c1-3-8-12-9(2)13-11-7-5-4-6-10(11)12;/h4-7H,1-2,8H2;/q-1;. The van der Waals surface area contributed by atoms with Crippen molar-refractivity contribution in [1.29, 1.82) is 0 Å². The number of nitrogens with zero attached hydrogens (tertiary/aromatic N) is 1. The van der Waals surface area contributed by atoms with E-state index in [1.807, 2.05) is 12.1 Å². The van der Waals surface area contributed by atoms with Crippen molar-refractivity contribution in [2.45, 2.75) is 4.90 Å². The first-order valence-corrected chi connectivity index (χ1v) is 4.88. The van der Waals surface area contributed by atoms with E-state index in [0.29, 0.717) is 6.54 Å². The Balaban J connectivity index is 0.000000980. The molecule has 2 rings (SSSR count). The van der Waals surface area contributed by atoms with Crippen LogP contribution in [0.15, 0.2) is 47.3 Å². The number of anilines is 1. The second kappa shape index (κ2) is 5.15. The molecule has 0 unspecified atom stereocenters. The molecule has 0 saturated heterocycles. The number of benzene rings is 1. The second-order valence-electron chi connectivity index (χ2n) is 2.80. The topological polar surface area (TPSA) is 3.24 Å². The zero-order valence-corrected chi connectivity index (χ0v) is 11.5. The van der Waals surface area contributed by atoms with Crippen molar-refractivity contribution in [2.24, 2.45) is 0 Å². The third-order valence-electron chi connectivity index (χ3n) is 1.95. The van der Waals surface area contributed by atoms with Crippen LogP contribution < -0.4 is 4.90 Å². The van der Waals surface area contributed by atoms with Crippen LogP contribution in [0, 0.1) is 6.08 Å². The molecule has 1 heterocycles. The van der Waals surface area contributed by atoms with E-state index in [-0.39, 0.29) is 32.7 Å². The number of hydrogen-bond donors (Lipinski definition) is 0. The van der Waals surface area contributed by atoms with Crippen LogP contribution in [0.1, 0.15) is 0 Å². The predicted molar refractivity (Wildman–Crippen MR) is 57.7 cm³/mol. The van der Waals surface area contributed by atoms with Crippen LogP contribution in [0.4, 0.5) is 5.69 Å². The molecule has 1 nitrogen and oxygen atoms in total. The summed E-state index contributed by atoms with van der Waals surface area (Å²) in [6.45, 7) is 8.32. The van der Waals surface area contributed by atoms with Gasteiger partial charge in [-0.3, -0.25) is 6.58 Å². The molecule has 1 aromatic carbocycles. The average Bonchev–Trinajstić information content (AvgIpc) is 2.44. The van der Waals surface area contributed by atoms with Crippen molar-refractivity contribution < 1.29 is 32.7 Å². The predicted octanol–water partition coefficient (Wildman–Crippen LogP) is 3.06. The van der Waals surface area contributed by atoms with E-state index in [1.165, 1.54) is 10.6 Å². The Morgan fingerprint density at radius 3 is 2.79 bits per heavy atom. The van der Waals surface area contributed by atoms with Crippen LogP contribution in [0.2, 0.25) is 0 Å². The zero-order valence-electron chi connectivity index (χ0n) is 7.86. The molecule has 1 aromatic rings. The number of hydrogen-bond acceptors (Lipinski definition) is 2. The molecule has 0 saturated carbocycles. The Labute approximate surface area is 114 Å². The van der Waals surface area contributed by atoms with Gasteiger partial charge in [0.2, 0.25) is 0 Å². The minimum absolute atomic E-state index is 0. The van der Waals surface area contributed by atoms with Gasteiger partial charge in [-0.1, -0.05) is 30.5 Å². The van der Waals surface area contributed by atoms with Crippen LogP contribution >= 0.6 is 11.8 Å². The zero-order chi connectivity index (χ0) is 9.26. The molecule has 3 heteroatoms. The Hall–Kier alpha value is -0.0461. The number of thioether (sulfide) groups is 1. The van der Waals surface area contributed by atoms with Crippen LogP contribution in [0.25, 0.3) is 0 Å². The van der Waals surface area contributed by atoms with Gasteiger partial charge in [0.05, 0.1) is 10.7 Å². The van der Waals surface area contributed by atoms with E-state index in [4.69, 9.17) is 0 Å². The van der Waals surface area contributed by atoms with Gasteiger partial charge in [0.15, 0.2) is 0 Å². The van der Waals surface area contributed by atoms with Gasteiger partial charge in [-0.2, -0.15) is 0 Å². The van der Waals surface area contributed by atoms with Crippen molar-refractivity contribution in [3.8, 4) is 0 Å². The maximum Gasteiger partial charge on any atom is 0.0704 e. The van der Waals surface area contributed by atoms with Gasteiger partial charge >= 0.3 is 0 Å². The molecule has 14 heavy (non-hydrogen) atoms. The van der Waals surface area contributed by atoms with Gasteiger partial charge in [-0.15, -0.1) is 6.54 Å². The van der Waals surface area contributed by atoms with Gasteiger partial charge in [0.1, 0.15) is 0 Å². The summed E-state index contributed by atoms with van der Waals surface area (Å²) in [6, 6.07) is 8.28. The normalized spacial score (nSPS) is 13.4. The fraction of sp³-hybridized carbons (Fsp3) is 0.0909.